The molecule has 2 rings (SSSR count). The Morgan fingerprint density at radius 3 is 2.58 bits per heavy atom. The Kier molecular flexibility index (Phi) is 5.22. The summed E-state index contributed by atoms with van der Waals surface area (Å²) < 4.78 is 39.1. The Hall–Kier alpha value is -2.84. The molecule has 0 unspecified atom stereocenters. The van der Waals surface area contributed by atoms with Gasteiger partial charge in [0.25, 0.3) is 0 Å². The summed E-state index contributed by atoms with van der Waals surface area (Å²) in [5, 5.41) is 10.6. The zero-order valence-electron chi connectivity index (χ0n) is 12.6. The first kappa shape index (κ1) is 17.5. The molecule has 4 N–H and O–H groups in total. The van der Waals surface area contributed by atoms with Crippen LogP contribution < -0.4 is 16.5 Å². The number of nitrogens with one attached hydrogen (secondary N) is 2. The first-order chi connectivity index (χ1) is 11.3. The molecule has 0 radical (unpaired) electrons. The lowest BCUT2D eigenvalue weighted by atomic mass is 10.1. The summed E-state index contributed by atoms with van der Waals surface area (Å²) in [6.45, 7) is 0.342. The molecule has 0 fully saturated rings. The molecule has 0 saturated heterocycles. The number of nitrogens with two attached hydrogens (primary N) is 1. The van der Waals surface area contributed by atoms with Gasteiger partial charge < -0.3 is 11.1 Å². The lowest BCUT2D eigenvalue weighted by Gasteiger charge is -2.14. The molecule has 0 aliphatic rings. The summed E-state index contributed by atoms with van der Waals surface area (Å²) in [5.41, 5.74) is 4.52. The van der Waals surface area contributed by atoms with Gasteiger partial charge in [-0.2, -0.15) is 13.2 Å². The highest BCUT2D eigenvalue weighted by atomic mass is 19.4. The van der Waals surface area contributed by atoms with Crippen molar-refractivity contribution in [1.29, 1.82) is 5.41 Å². The van der Waals surface area contributed by atoms with Crippen molar-refractivity contribution >= 4 is 11.7 Å². The lowest BCUT2D eigenvalue weighted by molar-refractivity contribution is -0.137. The maximum absolute atomic E-state index is 12.9. The summed E-state index contributed by atoms with van der Waals surface area (Å²) in [5.74, 6) is 0. The molecule has 0 aliphatic heterocycles. The number of anilines is 1. The topological polar surface area (TPSA) is 96.8 Å². The zero-order chi connectivity index (χ0) is 17.7. The van der Waals surface area contributed by atoms with Crippen LogP contribution in [0, 0.1) is 5.41 Å². The fraction of sp³-hybridized carbons (Fsp3) is 0.267. The molecule has 2 aromatic heterocycles. The van der Waals surface area contributed by atoms with Gasteiger partial charge in [-0.05, 0) is 36.6 Å². The van der Waals surface area contributed by atoms with Gasteiger partial charge in [-0.3, -0.25) is 15.0 Å². The molecule has 1 amide bonds. The normalized spacial score (nSPS) is 11.3. The second kappa shape index (κ2) is 7.16. The number of alkyl halides is 3. The third-order valence-electron chi connectivity index (χ3n) is 3.34. The van der Waals surface area contributed by atoms with Gasteiger partial charge in [0, 0.05) is 25.1 Å². The molecular formula is C15H16F3N5O. The van der Waals surface area contributed by atoms with Gasteiger partial charge in [-0.25, -0.2) is 4.79 Å². The van der Waals surface area contributed by atoms with Crippen LogP contribution >= 0.6 is 0 Å². The van der Waals surface area contributed by atoms with Gasteiger partial charge in [0.05, 0.1) is 11.3 Å². The summed E-state index contributed by atoms with van der Waals surface area (Å²) in [6, 6.07) is 3.35. The van der Waals surface area contributed by atoms with Crippen LogP contribution in [0.3, 0.4) is 0 Å². The van der Waals surface area contributed by atoms with E-state index in [1.54, 1.807) is 12.4 Å². The molecule has 0 spiro atoms. The van der Waals surface area contributed by atoms with Crippen LogP contribution in [-0.2, 0) is 12.6 Å². The first-order valence-corrected chi connectivity index (χ1v) is 7.10. The number of aromatic nitrogens is 2. The van der Waals surface area contributed by atoms with Gasteiger partial charge in [0.1, 0.15) is 0 Å². The van der Waals surface area contributed by atoms with Crippen molar-refractivity contribution in [1.82, 2.24) is 9.55 Å². The number of hydrogen-bond acceptors (Lipinski definition) is 4. The number of carbonyl (C=O) groups excluding carboxylic acids is 1. The molecule has 0 atom stereocenters. The van der Waals surface area contributed by atoms with E-state index >= 15 is 0 Å². The molecule has 128 valence electrons. The standard InChI is InChI=1S/C15H16F3N5O/c16-15(17,18)11-8-12(13(19)23(9-11)14(20)24)22-5-1-2-10-3-6-21-7-4-10/h3-4,6-9,19,22H,1-2,5H2,(H2,20,24). The van der Waals surface area contributed by atoms with E-state index in [1.807, 2.05) is 12.1 Å². The fourth-order valence-corrected chi connectivity index (χ4v) is 2.12. The molecule has 0 bridgehead atoms. The van der Waals surface area contributed by atoms with Crippen molar-refractivity contribution in [3.8, 4) is 0 Å². The number of nitrogens with zero attached hydrogens (tertiary/aromatic N) is 2. The number of amides is 1. The lowest BCUT2D eigenvalue weighted by Crippen LogP contribution is -2.34. The Morgan fingerprint density at radius 2 is 2.00 bits per heavy atom. The minimum absolute atomic E-state index is 0.0987. The van der Waals surface area contributed by atoms with Crippen molar-refractivity contribution in [2.24, 2.45) is 5.73 Å². The summed E-state index contributed by atoms with van der Waals surface area (Å²) in [4.78, 5) is 15.1. The second-order valence-corrected chi connectivity index (χ2v) is 5.08. The van der Waals surface area contributed by atoms with E-state index in [9.17, 15) is 18.0 Å². The third-order valence-corrected chi connectivity index (χ3v) is 3.34. The monoisotopic (exact) mass is 339 g/mol. The highest BCUT2D eigenvalue weighted by molar-refractivity contribution is 5.75. The number of halogens is 3. The van der Waals surface area contributed by atoms with E-state index in [2.05, 4.69) is 10.3 Å². The minimum atomic E-state index is -4.64. The Balaban J connectivity index is 2.12. The van der Waals surface area contributed by atoms with Gasteiger partial charge in [-0.15, -0.1) is 0 Å². The zero-order valence-corrected chi connectivity index (χ0v) is 12.6. The number of carbonyl (C=O) groups is 1. The quantitative estimate of drug-likeness (QED) is 0.730. The average Bonchev–Trinajstić information content (AvgIpc) is 2.52. The highest BCUT2D eigenvalue weighted by Crippen LogP contribution is 2.29. The smallest absolute Gasteiger partial charge is 0.382 e. The highest BCUT2D eigenvalue weighted by Gasteiger charge is 2.32. The van der Waals surface area contributed by atoms with Crippen LogP contribution in [0.25, 0.3) is 0 Å². The van der Waals surface area contributed by atoms with Crippen LogP contribution in [0.4, 0.5) is 23.7 Å². The van der Waals surface area contributed by atoms with Crippen LogP contribution in [0.1, 0.15) is 17.5 Å². The molecular weight excluding hydrogens is 323 g/mol. The minimum Gasteiger partial charge on any atom is -0.382 e. The van der Waals surface area contributed by atoms with Gasteiger partial charge in [0.15, 0.2) is 5.49 Å². The van der Waals surface area contributed by atoms with Crippen LogP contribution in [0.15, 0.2) is 36.8 Å². The Bertz CT molecular complexity index is 771. The largest absolute Gasteiger partial charge is 0.417 e. The van der Waals surface area contributed by atoms with E-state index in [4.69, 9.17) is 11.1 Å². The van der Waals surface area contributed by atoms with E-state index in [0.29, 0.717) is 30.2 Å². The summed E-state index contributed by atoms with van der Waals surface area (Å²) in [7, 11) is 0. The first-order valence-electron chi connectivity index (χ1n) is 7.10. The molecule has 2 heterocycles. The van der Waals surface area contributed by atoms with Gasteiger partial charge >= 0.3 is 12.2 Å². The maximum Gasteiger partial charge on any atom is 0.417 e. The van der Waals surface area contributed by atoms with E-state index in [-0.39, 0.29) is 5.69 Å². The summed E-state index contributed by atoms with van der Waals surface area (Å²) >= 11 is 0. The molecule has 0 saturated carbocycles. The van der Waals surface area contributed by atoms with Crippen molar-refractivity contribution in [2.45, 2.75) is 19.0 Å². The summed E-state index contributed by atoms with van der Waals surface area (Å²) in [6.07, 6.45) is 0.541. The number of hydrogen-bond donors (Lipinski definition) is 3. The second-order valence-electron chi connectivity index (χ2n) is 5.08. The van der Waals surface area contributed by atoms with E-state index in [1.165, 1.54) is 0 Å². The predicted octanol–water partition coefficient (Wildman–Crippen LogP) is 2.35. The Morgan fingerprint density at radius 1 is 1.33 bits per heavy atom. The SMILES string of the molecule is N=c1c(NCCCc2ccncc2)cc(C(F)(F)F)cn1C(N)=O. The van der Waals surface area contributed by atoms with Crippen molar-refractivity contribution in [3.05, 3.63) is 53.4 Å². The van der Waals surface area contributed by atoms with Crippen molar-refractivity contribution < 1.29 is 18.0 Å². The molecule has 9 heteroatoms. The predicted molar refractivity (Wildman–Crippen MR) is 81.3 cm³/mol. The maximum atomic E-state index is 12.9. The molecule has 0 aliphatic carbocycles. The van der Waals surface area contributed by atoms with Crippen LogP contribution in [0.2, 0.25) is 0 Å². The van der Waals surface area contributed by atoms with Gasteiger partial charge in [-0.1, -0.05) is 0 Å². The third kappa shape index (κ3) is 4.34. The molecule has 24 heavy (non-hydrogen) atoms. The number of pyridine rings is 2. The van der Waals surface area contributed by atoms with E-state index in [0.717, 1.165) is 11.6 Å². The number of primary amides is 1. The molecule has 0 aromatic carbocycles. The van der Waals surface area contributed by atoms with Crippen molar-refractivity contribution in [3.63, 3.8) is 0 Å². The average molecular weight is 339 g/mol. The molecule has 2 aromatic rings. The van der Waals surface area contributed by atoms with E-state index < -0.39 is 23.3 Å². The fourth-order valence-electron chi connectivity index (χ4n) is 2.12. The molecule has 6 nitrogen and oxygen atoms in total. The van der Waals surface area contributed by atoms with Crippen LogP contribution in [-0.4, -0.2) is 22.1 Å². The number of aryl methyl sites for hydroxylation is 1. The Labute approximate surface area is 135 Å². The van der Waals surface area contributed by atoms with Gasteiger partial charge in [0.2, 0.25) is 0 Å². The number of rotatable bonds is 5. The van der Waals surface area contributed by atoms with Crippen LogP contribution in [0.5, 0.6) is 0 Å². The van der Waals surface area contributed by atoms with Crippen molar-refractivity contribution in [2.75, 3.05) is 11.9 Å².